The molecule has 8 aromatic rings. The van der Waals surface area contributed by atoms with E-state index in [-0.39, 0.29) is 11.6 Å². The number of ketones is 2. The quantitative estimate of drug-likeness (QED) is 0.134. The van der Waals surface area contributed by atoms with Crippen molar-refractivity contribution in [3.05, 3.63) is 201 Å². The fourth-order valence-corrected chi connectivity index (χ4v) is 10.3. The van der Waals surface area contributed by atoms with Crippen molar-refractivity contribution in [2.24, 2.45) is 0 Å². The molecule has 234 valence electrons. The Kier molecular flexibility index (Phi) is 6.57. The summed E-state index contributed by atoms with van der Waals surface area (Å²) in [5.74, 6) is -0.334. The zero-order chi connectivity index (χ0) is 33.3. The van der Waals surface area contributed by atoms with Crippen LogP contribution in [0.15, 0.2) is 169 Å². The van der Waals surface area contributed by atoms with Crippen molar-refractivity contribution in [3.8, 4) is 22.3 Å². The molecular weight excluding hydrogens is 649 g/mol. The molecule has 6 aromatic carbocycles. The molecule has 0 saturated carbocycles. The van der Waals surface area contributed by atoms with Crippen molar-refractivity contribution in [2.75, 3.05) is 0 Å². The van der Waals surface area contributed by atoms with E-state index in [4.69, 9.17) is 0 Å². The topological polar surface area (TPSA) is 34.1 Å². The smallest absolute Gasteiger partial charge is 0.194 e. The Balaban J connectivity index is 1.43. The summed E-state index contributed by atoms with van der Waals surface area (Å²) in [6, 6.07) is 52.4. The van der Waals surface area contributed by atoms with Gasteiger partial charge in [-0.3, -0.25) is 9.59 Å². The number of allylic oxidation sites excluding steroid dienone is 2. The van der Waals surface area contributed by atoms with E-state index in [1.54, 1.807) is 22.7 Å². The van der Waals surface area contributed by atoms with E-state index in [1.165, 1.54) is 0 Å². The third-order valence-corrected chi connectivity index (χ3v) is 12.2. The lowest BCUT2D eigenvalue weighted by molar-refractivity contribution is 0.0998. The largest absolute Gasteiger partial charge is 0.289 e. The lowest BCUT2D eigenvalue weighted by Crippen LogP contribution is -2.17. The Bertz CT molecular complexity index is 2580. The molecule has 0 saturated heterocycles. The molecule has 0 N–H and O–H groups in total. The lowest BCUT2D eigenvalue weighted by Gasteiger charge is -2.19. The summed E-state index contributed by atoms with van der Waals surface area (Å²) < 4.78 is 2.30. The zero-order valence-electron chi connectivity index (χ0n) is 26.6. The molecule has 2 heterocycles. The minimum atomic E-state index is -0.167. The molecule has 0 atom stereocenters. The fraction of sp³-hybridized carbons (Fsp3) is 0. The molecule has 0 bridgehead atoms. The predicted octanol–water partition coefficient (Wildman–Crippen LogP) is 12.1. The Morgan fingerprint density at radius 1 is 0.360 bits per heavy atom. The Morgan fingerprint density at radius 2 is 0.700 bits per heavy atom. The van der Waals surface area contributed by atoms with E-state index in [9.17, 15) is 0 Å². The summed E-state index contributed by atoms with van der Waals surface area (Å²) in [7, 11) is 0. The highest BCUT2D eigenvalue weighted by molar-refractivity contribution is 7.21. The third-order valence-electron chi connectivity index (χ3n) is 9.85. The molecule has 0 unspecified atom stereocenters. The predicted molar refractivity (Wildman–Crippen MR) is 208 cm³/mol. The Morgan fingerprint density at radius 3 is 1.12 bits per heavy atom. The van der Waals surface area contributed by atoms with Gasteiger partial charge in [0.1, 0.15) is 0 Å². The number of benzene rings is 6. The maximum absolute atomic E-state index is 15.5. The average Bonchev–Trinajstić information content (AvgIpc) is 3.91. The highest BCUT2D eigenvalue weighted by Gasteiger charge is 2.39. The molecule has 0 fully saturated rings. The van der Waals surface area contributed by atoms with Crippen molar-refractivity contribution in [2.45, 2.75) is 0 Å². The van der Waals surface area contributed by atoms with Crippen LogP contribution in [-0.4, -0.2) is 11.6 Å². The van der Waals surface area contributed by atoms with Crippen molar-refractivity contribution in [3.63, 3.8) is 0 Å². The molecule has 10 rings (SSSR count). The van der Waals surface area contributed by atoms with Gasteiger partial charge in [-0.1, -0.05) is 146 Å². The van der Waals surface area contributed by atoms with Gasteiger partial charge in [0, 0.05) is 74.5 Å². The van der Waals surface area contributed by atoms with Gasteiger partial charge >= 0.3 is 0 Å². The maximum Gasteiger partial charge on any atom is 0.194 e. The summed E-state index contributed by atoms with van der Waals surface area (Å²) in [6.45, 7) is 0. The van der Waals surface area contributed by atoms with Crippen molar-refractivity contribution < 1.29 is 9.59 Å². The Labute approximate surface area is 296 Å². The van der Waals surface area contributed by atoms with Gasteiger partial charge in [-0.15, -0.1) is 22.7 Å². The number of Topliss-reactive ketones (excluding diaryl/α,β-unsaturated/α-hetero) is 2. The molecule has 2 aliphatic carbocycles. The molecule has 0 spiro atoms. The third kappa shape index (κ3) is 4.19. The molecule has 0 amide bonds. The first-order chi connectivity index (χ1) is 24.7. The highest BCUT2D eigenvalue weighted by atomic mass is 32.1. The summed E-state index contributed by atoms with van der Waals surface area (Å²) in [5.41, 5.74) is 9.98. The first-order valence-electron chi connectivity index (χ1n) is 16.6. The van der Waals surface area contributed by atoms with Gasteiger partial charge in [0.15, 0.2) is 11.6 Å². The van der Waals surface area contributed by atoms with Crippen LogP contribution in [0.5, 0.6) is 0 Å². The first kappa shape index (κ1) is 29.0. The van der Waals surface area contributed by atoms with E-state index in [2.05, 4.69) is 84.9 Å². The van der Waals surface area contributed by atoms with Crippen LogP contribution < -0.4 is 0 Å². The number of hydrogen-bond donors (Lipinski definition) is 0. The van der Waals surface area contributed by atoms with Gasteiger partial charge < -0.3 is 0 Å². The summed E-state index contributed by atoms with van der Waals surface area (Å²) in [5, 5.41) is 2.31. The molecule has 2 aliphatic rings. The van der Waals surface area contributed by atoms with Gasteiger partial charge in [0.25, 0.3) is 0 Å². The molecule has 0 aliphatic heterocycles. The number of carbonyl (C=O) groups excluding carboxylic acids is 2. The second kappa shape index (κ2) is 11.3. The number of hydrogen-bond acceptors (Lipinski definition) is 4. The number of fused-ring (bicyclic) bond motifs is 10. The number of rotatable bonds is 5. The zero-order valence-corrected chi connectivity index (χ0v) is 28.3. The van der Waals surface area contributed by atoms with Crippen LogP contribution in [0.1, 0.15) is 41.6 Å². The second-order valence-corrected chi connectivity index (χ2v) is 14.7. The second-order valence-electron chi connectivity index (χ2n) is 12.6. The molecule has 0 radical (unpaired) electrons. The van der Waals surface area contributed by atoms with E-state index >= 15 is 9.59 Å². The fourth-order valence-electron chi connectivity index (χ4n) is 7.73. The summed E-state index contributed by atoms with van der Waals surface area (Å²) in [4.78, 5) is 33.0. The van der Waals surface area contributed by atoms with Crippen molar-refractivity contribution >= 4 is 65.6 Å². The van der Waals surface area contributed by atoms with Crippen LogP contribution in [0.3, 0.4) is 0 Å². The van der Waals surface area contributed by atoms with Crippen molar-refractivity contribution in [1.82, 2.24) is 0 Å². The van der Waals surface area contributed by atoms with Crippen LogP contribution in [-0.2, 0) is 0 Å². The van der Waals surface area contributed by atoms with Gasteiger partial charge in [-0.25, -0.2) is 0 Å². The van der Waals surface area contributed by atoms with Gasteiger partial charge in [-0.2, -0.15) is 0 Å². The standard InChI is InChI=1S/C46H26O2S2/c47-43(27-15-3-1-4-16-27)41(39-31-21-9-7-19-29(31)37-33-23-11-13-25-35(33)49-45(37)39)42(44(48)28-17-5-2-6-18-28)40-32-22-10-8-20-30(32)38-34-24-12-14-26-36(34)50-46(38)40/h1-26H/b41-39+,42-40+. The number of carbonyl (C=O) groups is 2. The van der Waals surface area contributed by atoms with Crippen molar-refractivity contribution in [1.29, 1.82) is 0 Å². The van der Waals surface area contributed by atoms with E-state index < -0.39 is 0 Å². The van der Waals surface area contributed by atoms with E-state index in [1.807, 2.05) is 72.8 Å². The number of thiophene rings is 2. The lowest BCUT2D eigenvalue weighted by atomic mass is 9.82. The SMILES string of the molecule is O=C(C(/C(C(=O)c1ccccc1)=C1/c2ccccc2-c2c1sc1ccccc21)=C1\c2ccccc2-c2c1sc1ccccc21)c1ccccc1. The van der Waals surface area contributed by atoms with E-state index in [0.717, 1.165) is 74.5 Å². The minimum absolute atomic E-state index is 0.167. The van der Waals surface area contributed by atoms with Crippen LogP contribution in [0.4, 0.5) is 0 Å². The van der Waals surface area contributed by atoms with Crippen LogP contribution in [0, 0.1) is 0 Å². The molecular formula is C46H26O2S2. The van der Waals surface area contributed by atoms with Crippen LogP contribution in [0.2, 0.25) is 0 Å². The minimum Gasteiger partial charge on any atom is -0.289 e. The maximum atomic E-state index is 15.5. The highest BCUT2D eigenvalue weighted by Crippen LogP contribution is 2.57. The van der Waals surface area contributed by atoms with E-state index in [0.29, 0.717) is 22.3 Å². The average molecular weight is 675 g/mol. The van der Waals surface area contributed by atoms with Crippen LogP contribution in [0.25, 0.3) is 53.6 Å². The van der Waals surface area contributed by atoms with Gasteiger partial charge in [-0.05, 0) is 34.4 Å². The Hall–Kier alpha value is -5.94. The van der Waals surface area contributed by atoms with Gasteiger partial charge in [0.2, 0.25) is 0 Å². The molecule has 50 heavy (non-hydrogen) atoms. The monoisotopic (exact) mass is 674 g/mol. The first-order valence-corrected chi connectivity index (χ1v) is 18.2. The van der Waals surface area contributed by atoms with Gasteiger partial charge in [0.05, 0.1) is 0 Å². The molecule has 2 aromatic heterocycles. The molecule has 4 heteroatoms. The summed E-state index contributed by atoms with van der Waals surface area (Å²) >= 11 is 3.39. The normalized spacial score (nSPS) is 14.6. The van der Waals surface area contributed by atoms with Crippen LogP contribution >= 0.6 is 22.7 Å². The molecule has 2 nitrogen and oxygen atoms in total. The summed E-state index contributed by atoms with van der Waals surface area (Å²) in [6.07, 6.45) is 0.